The fourth-order valence-corrected chi connectivity index (χ4v) is 1.43. The summed E-state index contributed by atoms with van der Waals surface area (Å²) in [5.41, 5.74) is 0.178. The van der Waals surface area contributed by atoms with Gasteiger partial charge in [-0.15, -0.1) is 0 Å². The van der Waals surface area contributed by atoms with Crippen LogP contribution >= 0.6 is 15.9 Å². The van der Waals surface area contributed by atoms with Gasteiger partial charge in [-0.3, -0.25) is 4.79 Å². The second-order valence-electron chi connectivity index (χ2n) is 2.93. The zero-order valence-electron chi connectivity index (χ0n) is 7.92. The molecule has 15 heavy (non-hydrogen) atoms. The van der Waals surface area contributed by atoms with E-state index in [4.69, 9.17) is 5.26 Å². The zero-order valence-corrected chi connectivity index (χ0v) is 9.51. The molecule has 0 saturated heterocycles. The van der Waals surface area contributed by atoms with Gasteiger partial charge >= 0.3 is 0 Å². The minimum atomic E-state index is -0.604. The molecule has 0 fully saturated rings. The predicted octanol–water partition coefficient (Wildman–Crippen LogP) is 2.23. The second-order valence-corrected chi connectivity index (χ2v) is 3.72. The Morgan fingerprint density at radius 2 is 2.33 bits per heavy atom. The van der Waals surface area contributed by atoms with Gasteiger partial charge in [0.05, 0.1) is 16.1 Å². The zero-order chi connectivity index (χ0) is 11.4. The lowest BCUT2D eigenvalue weighted by Crippen LogP contribution is -2.31. The number of rotatable bonds is 2. The fourth-order valence-electron chi connectivity index (χ4n) is 0.986. The number of hydrogen-bond acceptors (Lipinski definition) is 2. The Balaban J connectivity index is 2.93. The quantitative estimate of drug-likeness (QED) is 0.896. The normalized spacial score (nSPS) is 11.6. The maximum atomic E-state index is 13.1. The monoisotopic (exact) mass is 270 g/mol. The molecular formula is C10H8BrFN2O. The maximum Gasteiger partial charge on any atom is 0.253 e. The average Bonchev–Trinajstić information content (AvgIpc) is 2.21. The molecule has 1 atom stereocenters. The highest BCUT2D eigenvalue weighted by molar-refractivity contribution is 9.10. The first kappa shape index (κ1) is 11.7. The van der Waals surface area contributed by atoms with Gasteiger partial charge in [-0.1, -0.05) is 6.07 Å². The summed E-state index contributed by atoms with van der Waals surface area (Å²) >= 11 is 2.97. The molecule has 78 valence electrons. The van der Waals surface area contributed by atoms with Crippen molar-refractivity contribution in [3.05, 3.63) is 34.1 Å². The van der Waals surface area contributed by atoms with E-state index in [9.17, 15) is 9.18 Å². The summed E-state index contributed by atoms with van der Waals surface area (Å²) < 4.78 is 13.2. The summed E-state index contributed by atoms with van der Waals surface area (Å²) in [5, 5.41) is 10.9. The number of carbonyl (C=O) groups excluding carboxylic acids is 1. The standard InChI is InChI=1S/C10H8BrFN2O/c1-6(5-13)14-10(15)7-3-2-4-8(12)9(7)11/h2-4,6H,1H3,(H,14,15). The van der Waals surface area contributed by atoms with Crippen LogP contribution in [0.5, 0.6) is 0 Å². The highest BCUT2D eigenvalue weighted by Gasteiger charge is 2.14. The molecule has 0 aromatic heterocycles. The van der Waals surface area contributed by atoms with E-state index in [1.54, 1.807) is 6.92 Å². The molecule has 3 nitrogen and oxygen atoms in total. The number of halogens is 2. The number of nitrogens with one attached hydrogen (secondary N) is 1. The Morgan fingerprint density at radius 3 is 2.93 bits per heavy atom. The van der Waals surface area contributed by atoms with Crippen LogP contribution < -0.4 is 5.32 Å². The van der Waals surface area contributed by atoms with Gasteiger partial charge in [0.15, 0.2) is 0 Å². The van der Waals surface area contributed by atoms with E-state index in [0.717, 1.165) is 0 Å². The summed E-state index contributed by atoms with van der Waals surface area (Å²) in [5.74, 6) is -0.984. The Kier molecular flexibility index (Phi) is 3.81. The third kappa shape index (κ3) is 2.77. The summed E-state index contributed by atoms with van der Waals surface area (Å²) in [7, 11) is 0. The molecule has 0 saturated carbocycles. The topological polar surface area (TPSA) is 52.9 Å². The highest BCUT2D eigenvalue weighted by Crippen LogP contribution is 2.20. The molecule has 0 aliphatic rings. The van der Waals surface area contributed by atoms with Crippen LogP contribution in [0.15, 0.2) is 22.7 Å². The third-order valence-electron chi connectivity index (χ3n) is 1.74. The SMILES string of the molecule is CC(C#N)NC(=O)c1cccc(F)c1Br. The molecule has 1 aromatic carbocycles. The van der Waals surface area contributed by atoms with Crippen molar-refractivity contribution in [2.75, 3.05) is 0 Å². The van der Waals surface area contributed by atoms with E-state index < -0.39 is 17.8 Å². The van der Waals surface area contributed by atoms with E-state index >= 15 is 0 Å². The number of carbonyl (C=O) groups is 1. The second kappa shape index (κ2) is 4.89. The van der Waals surface area contributed by atoms with Gasteiger partial charge in [0.2, 0.25) is 0 Å². The summed E-state index contributed by atoms with van der Waals surface area (Å²) in [6.45, 7) is 1.55. The minimum Gasteiger partial charge on any atom is -0.336 e. The number of benzene rings is 1. The predicted molar refractivity (Wildman–Crippen MR) is 56.6 cm³/mol. The largest absolute Gasteiger partial charge is 0.336 e. The third-order valence-corrected chi connectivity index (χ3v) is 2.54. The molecule has 1 amide bonds. The molecular weight excluding hydrogens is 263 g/mol. The van der Waals surface area contributed by atoms with Gasteiger partial charge in [0.1, 0.15) is 11.9 Å². The smallest absolute Gasteiger partial charge is 0.253 e. The molecule has 0 bridgehead atoms. The summed E-state index contributed by atoms with van der Waals surface area (Å²) in [4.78, 5) is 11.5. The van der Waals surface area contributed by atoms with Crippen molar-refractivity contribution in [2.24, 2.45) is 0 Å². The van der Waals surface area contributed by atoms with E-state index in [2.05, 4.69) is 21.2 Å². The van der Waals surface area contributed by atoms with Crippen molar-refractivity contribution >= 4 is 21.8 Å². The van der Waals surface area contributed by atoms with Crippen molar-refractivity contribution in [3.63, 3.8) is 0 Å². The minimum absolute atomic E-state index is 0.104. The fraction of sp³-hybridized carbons (Fsp3) is 0.200. The molecule has 0 radical (unpaired) electrons. The Hall–Kier alpha value is -1.41. The van der Waals surface area contributed by atoms with Crippen molar-refractivity contribution in [3.8, 4) is 6.07 Å². The molecule has 0 aliphatic heterocycles. The highest BCUT2D eigenvalue weighted by atomic mass is 79.9. The van der Waals surface area contributed by atoms with Gasteiger partial charge in [0.25, 0.3) is 5.91 Å². The van der Waals surface area contributed by atoms with Gasteiger partial charge in [-0.05, 0) is 35.0 Å². The van der Waals surface area contributed by atoms with Gasteiger partial charge in [-0.25, -0.2) is 4.39 Å². The van der Waals surface area contributed by atoms with Crippen molar-refractivity contribution in [1.29, 1.82) is 5.26 Å². The first-order valence-electron chi connectivity index (χ1n) is 4.20. The first-order chi connectivity index (χ1) is 7.06. The molecule has 0 heterocycles. The van der Waals surface area contributed by atoms with Crippen LogP contribution in [0.4, 0.5) is 4.39 Å². The first-order valence-corrected chi connectivity index (χ1v) is 5.00. The molecule has 0 spiro atoms. The van der Waals surface area contributed by atoms with Gasteiger partial charge in [-0.2, -0.15) is 5.26 Å². The molecule has 1 N–H and O–H groups in total. The number of amides is 1. The van der Waals surface area contributed by atoms with E-state index in [0.29, 0.717) is 0 Å². The van der Waals surface area contributed by atoms with Crippen LogP contribution in [0.3, 0.4) is 0 Å². The molecule has 1 rings (SSSR count). The maximum absolute atomic E-state index is 13.1. The van der Waals surface area contributed by atoms with E-state index in [1.807, 2.05) is 6.07 Å². The van der Waals surface area contributed by atoms with Crippen LogP contribution in [0.1, 0.15) is 17.3 Å². The van der Waals surface area contributed by atoms with Gasteiger partial charge in [0, 0.05) is 0 Å². The molecule has 1 unspecified atom stereocenters. The molecule has 1 aromatic rings. The van der Waals surface area contributed by atoms with Crippen LogP contribution in [-0.2, 0) is 0 Å². The van der Waals surface area contributed by atoms with Crippen LogP contribution in [-0.4, -0.2) is 11.9 Å². The Bertz CT molecular complexity index is 428. The lowest BCUT2D eigenvalue weighted by molar-refractivity contribution is 0.0946. The molecule has 5 heteroatoms. The number of nitriles is 1. The van der Waals surface area contributed by atoms with Crippen LogP contribution in [0.25, 0.3) is 0 Å². The molecule has 0 aliphatic carbocycles. The van der Waals surface area contributed by atoms with Crippen molar-refractivity contribution < 1.29 is 9.18 Å². The summed E-state index contributed by atoms with van der Waals surface area (Å²) in [6, 6.07) is 5.41. The van der Waals surface area contributed by atoms with Gasteiger partial charge < -0.3 is 5.32 Å². The lowest BCUT2D eigenvalue weighted by Gasteiger charge is -2.08. The summed E-state index contributed by atoms with van der Waals surface area (Å²) in [6.07, 6.45) is 0. The van der Waals surface area contributed by atoms with Crippen molar-refractivity contribution in [1.82, 2.24) is 5.32 Å². The van der Waals surface area contributed by atoms with E-state index in [1.165, 1.54) is 18.2 Å². The van der Waals surface area contributed by atoms with Crippen molar-refractivity contribution in [2.45, 2.75) is 13.0 Å². The number of hydrogen-bond donors (Lipinski definition) is 1. The van der Waals surface area contributed by atoms with Crippen LogP contribution in [0.2, 0.25) is 0 Å². The van der Waals surface area contributed by atoms with Crippen LogP contribution in [0, 0.1) is 17.1 Å². The Labute approximate surface area is 95.0 Å². The lowest BCUT2D eigenvalue weighted by atomic mass is 10.2. The van der Waals surface area contributed by atoms with E-state index in [-0.39, 0.29) is 10.0 Å². The average molecular weight is 271 g/mol. The number of nitrogens with zero attached hydrogens (tertiary/aromatic N) is 1. The Morgan fingerprint density at radius 1 is 1.67 bits per heavy atom.